The number of pyridine rings is 1. The van der Waals surface area contributed by atoms with Gasteiger partial charge in [0.2, 0.25) is 0 Å². The molecular formula is C31H31F3N2O5S. The number of hydrogen-bond acceptors (Lipinski definition) is 5. The van der Waals surface area contributed by atoms with E-state index in [0.29, 0.717) is 16.7 Å². The van der Waals surface area contributed by atoms with Crippen molar-refractivity contribution in [2.75, 3.05) is 10.9 Å². The van der Waals surface area contributed by atoms with Gasteiger partial charge in [-0.1, -0.05) is 55.5 Å². The van der Waals surface area contributed by atoms with Crippen LogP contribution in [-0.4, -0.2) is 37.3 Å². The monoisotopic (exact) mass is 600 g/mol. The summed E-state index contributed by atoms with van der Waals surface area (Å²) in [5, 5.41) is 11.1. The van der Waals surface area contributed by atoms with Gasteiger partial charge in [0.25, 0.3) is 10.0 Å². The van der Waals surface area contributed by atoms with E-state index in [-0.39, 0.29) is 41.4 Å². The molecule has 0 spiro atoms. The van der Waals surface area contributed by atoms with E-state index in [1.165, 1.54) is 49.4 Å². The molecule has 0 saturated heterocycles. The third kappa shape index (κ3) is 5.71. The van der Waals surface area contributed by atoms with E-state index in [9.17, 15) is 31.5 Å². The lowest BCUT2D eigenvalue weighted by atomic mass is 9.94. The molecule has 11 heteroatoms. The molecular weight excluding hydrogens is 569 g/mol. The molecule has 4 rings (SSSR count). The van der Waals surface area contributed by atoms with Gasteiger partial charge in [0.05, 0.1) is 17.0 Å². The summed E-state index contributed by atoms with van der Waals surface area (Å²) in [6, 6.07) is 16.6. The molecule has 4 aromatic rings. The normalized spacial score (nSPS) is 13.6. The average molecular weight is 601 g/mol. The lowest BCUT2D eigenvalue weighted by Gasteiger charge is -2.32. The van der Waals surface area contributed by atoms with E-state index in [4.69, 9.17) is 4.74 Å². The predicted molar refractivity (Wildman–Crippen MR) is 154 cm³/mol. The number of rotatable bonds is 10. The minimum Gasteiger partial charge on any atom is -0.478 e. The molecule has 1 atom stereocenters. The van der Waals surface area contributed by atoms with E-state index in [1.807, 2.05) is 24.3 Å². The molecule has 222 valence electrons. The summed E-state index contributed by atoms with van der Waals surface area (Å²) in [7, 11) is -4.32. The Kier molecular flexibility index (Phi) is 8.65. The molecule has 1 heterocycles. The quantitative estimate of drug-likeness (QED) is 0.210. The number of halogens is 3. The molecule has 1 aromatic heterocycles. The van der Waals surface area contributed by atoms with Crippen LogP contribution in [0.25, 0.3) is 10.8 Å². The molecule has 0 aliphatic carbocycles. The van der Waals surface area contributed by atoms with Crippen LogP contribution >= 0.6 is 0 Å². The number of carboxylic acid groups (broad SMARTS) is 1. The summed E-state index contributed by atoms with van der Waals surface area (Å²) in [6.07, 6.45) is -2.83. The van der Waals surface area contributed by atoms with Crippen molar-refractivity contribution in [1.82, 2.24) is 4.98 Å². The number of nitrogens with zero attached hydrogens (tertiary/aromatic N) is 2. The van der Waals surface area contributed by atoms with Crippen molar-refractivity contribution < 1.29 is 36.2 Å². The van der Waals surface area contributed by atoms with Crippen LogP contribution in [0.5, 0.6) is 0 Å². The Morgan fingerprint density at radius 1 is 1.02 bits per heavy atom. The van der Waals surface area contributed by atoms with Crippen molar-refractivity contribution >= 4 is 32.6 Å². The van der Waals surface area contributed by atoms with Crippen LogP contribution in [0.1, 0.15) is 53.4 Å². The molecule has 3 aromatic carbocycles. The lowest BCUT2D eigenvalue weighted by molar-refractivity contribution is -0.276. The second kappa shape index (κ2) is 11.7. The van der Waals surface area contributed by atoms with Crippen molar-refractivity contribution in [1.29, 1.82) is 0 Å². The van der Waals surface area contributed by atoms with E-state index in [1.54, 1.807) is 20.0 Å². The number of alkyl halides is 3. The summed E-state index contributed by atoms with van der Waals surface area (Å²) in [4.78, 5) is 16.0. The molecule has 0 fully saturated rings. The van der Waals surface area contributed by atoms with Crippen molar-refractivity contribution in [3.8, 4) is 0 Å². The number of fused-ring (bicyclic) bond motifs is 1. The average Bonchev–Trinajstić information content (AvgIpc) is 2.96. The Balaban J connectivity index is 1.85. The van der Waals surface area contributed by atoms with Crippen LogP contribution in [-0.2, 0) is 33.3 Å². The third-order valence-electron chi connectivity index (χ3n) is 7.34. The number of aromatic carboxylic acids is 1. The SMILES string of the molecule is CCOC(C)(c1ccc(CN(c2ncc3ccccc3c2C)S(=O)(=O)c2ccc(C(=O)O)c(CC)c2)cc1)C(F)(F)F. The second-order valence-electron chi connectivity index (χ2n) is 9.94. The zero-order valence-electron chi connectivity index (χ0n) is 23.6. The minimum atomic E-state index is -4.68. The topological polar surface area (TPSA) is 96.8 Å². The first-order valence-corrected chi connectivity index (χ1v) is 14.7. The maximum atomic E-state index is 14.2. The molecule has 0 aliphatic heterocycles. The largest absolute Gasteiger partial charge is 0.478 e. The standard InChI is InChI=1S/C31H31F3N2O5S/c1-5-22-17-25(15-16-27(22)29(37)38)42(39,40)36(28-20(3)26-10-8-7-9-23(26)18-35-28)19-21-11-13-24(14-12-21)30(4,41-6-2)31(32,33)34/h7-18H,5-6,19H2,1-4H3,(H,37,38). The van der Waals surface area contributed by atoms with Crippen molar-refractivity contribution in [3.63, 3.8) is 0 Å². The highest BCUT2D eigenvalue weighted by atomic mass is 32.2. The van der Waals surface area contributed by atoms with Gasteiger partial charge in [-0.2, -0.15) is 13.2 Å². The molecule has 1 N–H and O–H groups in total. The predicted octanol–water partition coefficient (Wildman–Crippen LogP) is 7.01. The number of sulfonamides is 1. The summed E-state index contributed by atoms with van der Waals surface area (Å²) in [5.74, 6) is -1.02. The maximum absolute atomic E-state index is 14.2. The zero-order valence-corrected chi connectivity index (χ0v) is 24.4. The summed E-state index contributed by atoms with van der Waals surface area (Å²) in [6.45, 7) is 5.51. The van der Waals surface area contributed by atoms with Gasteiger partial charge in [-0.15, -0.1) is 0 Å². The third-order valence-corrected chi connectivity index (χ3v) is 9.08. The van der Waals surface area contributed by atoms with Gasteiger partial charge in [-0.3, -0.25) is 0 Å². The Morgan fingerprint density at radius 3 is 2.29 bits per heavy atom. The number of ether oxygens (including phenoxy) is 1. The minimum absolute atomic E-state index is 0.000566. The highest BCUT2D eigenvalue weighted by molar-refractivity contribution is 7.92. The number of aryl methyl sites for hydroxylation is 2. The van der Waals surface area contributed by atoms with Crippen LogP contribution in [0.4, 0.5) is 19.0 Å². The molecule has 7 nitrogen and oxygen atoms in total. The van der Waals surface area contributed by atoms with Gasteiger partial charge in [0.15, 0.2) is 5.60 Å². The maximum Gasteiger partial charge on any atom is 0.421 e. The molecule has 1 unspecified atom stereocenters. The molecule has 0 radical (unpaired) electrons. The van der Waals surface area contributed by atoms with Gasteiger partial charge in [-0.05, 0) is 67.5 Å². The number of carbonyl (C=O) groups is 1. The highest BCUT2D eigenvalue weighted by Gasteiger charge is 2.53. The van der Waals surface area contributed by atoms with E-state index in [0.717, 1.165) is 22.0 Å². The van der Waals surface area contributed by atoms with Crippen LogP contribution in [0.2, 0.25) is 0 Å². The van der Waals surface area contributed by atoms with E-state index in [2.05, 4.69) is 4.98 Å². The van der Waals surface area contributed by atoms with Gasteiger partial charge in [-0.25, -0.2) is 22.5 Å². The van der Waals surface area contributed by atoms with Crippen molar-refractivity contribution in [3.05, 3.63) is 101 Å². The van der Waals surface area contributed by atoms with Gasteiger partial charge < -0.3 is 9.84 Å². The Bertz CT molecular complexity index is 1720. The molecule has 0 bridgehead atoms. The lowest BCUT2D eigenvalue weighted by Crippen LogP contribution is -2.42. The number of hydrogen-bond donors (Lipinski definition) is 1. The van der Waals surface area contributed by atoms with Crippen LogP contribution < -0.4 is 4.31 Å². The molecule has 42 heavy (non-hydrogen) atoms. The first-order valence-electron chi connectivity index (χ1n) is 13.3. The summed E-state index contributed by atoms with van der Waals surface area (Å²) < 4.78 is 76.3. The molecule has 0 saturated carbocycles. The Morgan fingerprint density at radius 2 is 1.69 bits per heavy atom. The van der Waals surface area contributed by atoms with E-state index >= 15 is 0 Å². The fourth-order valence-corrected chi connectivity index (χ4v) is 6.41. The number of aromatic nitrogens is 1. The summed E-state index contributed by atoms with van der Waals surface area (Å²) >= 11 is 0. The number of carboxylic acids is 1. The number of anilines is 1. The van der Waals surface area contributed by atoms with Gasteiger partial charge in [0, 0.05) is 23.8 Å². The van der Waals surface area contributed by atoms with Gasteiger partial charge in [0.1, 0.15) is 5.82 Å². The zero-order chi connectivity index (χ0) is 30.9. The fraction of sp³-hybridized carbons (Fsp3) is 0.290. The molecule has 0 aliphatic rings. The van der Waals surface area contributed by atoms with Crippen LogP contribution in [0, 0.1) is 6.92 Å². The smallest absolute Gasteiger partial charge is 0.421 e. The highest BCUT2D eigenvalue weighted by Crippen LogP contribution is 2.42. The first-order chi connectivity index (χ1) is 19.7. The fourth-order valence-electron chi connectivity index (χ4n) is 4.89. The summed E-state index contributed by atoms with van der Waals surface area (Å²) in [5.41, 5.74) is -1.31. The van der Waals surface area contributed by atoms with Crippen LogP contribution in [0.15, 0.2) is 77.8 Å². The molecule has 0 amide bonds. The first kappa shape index (κ1) is 31.0. The van der Waals surface area contributed by atoms with Crippen LogP contribution in [0.3, 0.4) is 0 Å². The Hall–Kier alpha value is -3.96. The number of benzene rings is 3. The van der Waals surface area contributed by atoms with Gasteiger partial charge >= 0.3 is 12.1 Å². The Labute approximate surface area is 242 Å². The van der Waals surface area contributed by atoms with E-state index < -0.39 is 27.8 Å². The van der Waals surface area contributed by atoms with Crippen molar-refractivity contribution in [2.45, 2.75) is 57.3 Å². The second-order valence-corrected chi connectivity index (χ2v) is 11.8. The van der Waals surface area contributed by atoms with Crippen molar-refractivity contribution in [2.24, 2.45) is 0 Å².